The zero-order valence-corrected chi connectivity index (χ0v) is 20.9. The van der Waals surface area contributed by atoms with Crippen LogP contribution in [0.15, 0.2) is 47.6 Å². The molecule has 1 amide bonds. The van der Waals surface area contributed by atoms with Gasteiger partial charge in [0.2, 0.25) is 0 Å². The van der Waals surface area contributed by atoms with Crippen LogP contribution in [-0.2, 0) is 6.61 Å². The smallest absolute Gasteiger partial charge is 0.281 e. The minimum atomic E-state index is -0.394. The first-order valence-corrected chi connectivity index (χ1v) is 11.7. The normalized spacial score (nSPS) is 10.7. The van der Waals surface area contributed by atoms with Gasteiger partial charge in [0.15, 0.2) is 0 Å². The Labute approximate surface area is 205 Å². The molecule has 3 aromatic rings. The predicted molar refractivity (Wildman–Crippen MR) is 136 cm³/mol. The van der Waals surface area contributed by atoms with Gasteiger partial charge in [-0.1, -0.05) is 30.3 Å². The number of carbonyl (C=O) groups is 1. The molecule has 0 aliphatic heterocycles. The molecule has 0 saturated carbocycles. The topological polar surface area (TPSA) is 100 Å². The van der Waals surface area contributed by atoms with E-state index in [4.69, 9.17) is 15.7 Å². The lowest BCUT2D eigenvalue weighted by Gasteiger charge is -2.11. The third kappa shape index (κ3) is 5.30. The lowest BCUT2D eigenvalue weighted by molar-refractivity contribution is 0.0958. The van der Waals surface area contributed by atoms with Crippen molar-refractivity contribution in [2.75, 3.05) is 5.73 Å². The van der Waals surface area contributed by atoms with E-state index in [1.807, 2.05) is 48.5 Å². The summed E-state index contributed by atoms with van der Waals surface area (Å²) in [5, 5.41) is 13.5. The molecule has 3 N–H and O–H groups in total. The van der Waals surface area contributed by atoms with E-state index in [-0.39, 0.29) is 0 Å². The summed E-state index contributed by atoms with van der Waals surface area (Å²) in [6.07, 6.45) is 1.57. The van der Waals surface area contributed by atoms with Crippen LogP contribution in [0.1, 0.15) is 31.9 Å². The Morgan fingerprint density at radius 3 is 2.57 bits per heavy atom. The summed E-state index contributed by atoms with van der Waals surface area (Å²) in [6.45, 7) is 2.19. The molecule has 152 valence electrons. The molecule has 1 heterocycles. The average Bonchev–Trinajstić information content (AvgIpc) is 3.01. The summed E-state index contributed by atoms with van der Waals surface area (Å²) < 4.78 is 7.88. The number of rotatable bonds is 6. The number of halogens is 2. The van der Waals surface area contributed by atoms with Crippen molar-refractivity contribution in [3.05, 3.63) is 76.7 Å². The highest BCUT2D eigenvalue weighted by molar-refractivity contribution is 14.1. The number of anilines is 1. The van der Waals surface area contributed by atoms with E-state index >= 15 is 0 Å². The molecule has 30 heavy (non-hydrogen) atoms. The van der Waals surface area contributed by atoms with Crippen LogP contribution < -0.4 is 15.9 Å². The maximum absolute atomic E-state index is 12.3. The summed E-state index contributed by atoms with van der Waals surface area (Å²) in [7, 11) is 0. The van der Waals surface area contributed by atoms with E-state index in [1.165, 1.54) is 0 Å². The number of hydrogen-bond acceptors (Lipinski definition) is 6. The Morgan fingerprint density at radius 2 is 1.97 bits per heavy atom. The van der Waals surface area contributed by atoms with Gasteiger partial charge in [-0.25, -0.2) is 5.43 Å². The van der Waals surface area contributed by atoms with Gasteiger partial charge < -0.3 is 10.5 Å². The van der Waals surface area contributed by atoms with Crippen molar-refractivity contribution in [3.63, 3.8) is 0 Å². The fraction of sp³-hybridized carbons (Fsp3) is 0.0952. The molecule has 0 spiro atoms. The molecule has 3 rings (SSSR count). The number of thiophene rings is 1. The number of hydrogen-bond donors (Lipinski definition) is 2. The van der Waals surface area contributed by atoms with Crippen molar-refractivity contribution in [2.45, 2.75) is 13.5 Å². The SMILES string of the molecule is Cc1c(C(=O)NN=Cc2cc(I)c(OCc3ccccc3)c(I)c2)sc(N)c1C#N. The second-order valence-electron chi connectivity index (χ2n) is 6.19. The molecular weight excluding hydrogens is 626 g/mol. The number of nitrogens with one attached hydrogen (secondary N) is 1. The lowest BCUT2D eigenvalue weighted by Crippen LogP contribution is -2.17. The van der Waals surface area contributed by atoms with Crippen LogP contribution in [0.4, 0.5) is 5.00 Å². The highest BCUT2D eigenvalue weighted by Crippen LogP contribution is 2.30. The first kappa shape index (κ1) is 22.5. The maximum atomic E-state index is 12.3. The van der Waals surface area contributed by atoms with Crippen molar-refractivity contribution in [1.29, 1.82) is 5.26 Å². The Hall–Kier alpha value is -2.17. The van der Waals surface area contributed by atoms with Crippen LogP contribution in [0.3, 0.4) is 0 Å². The fourth-order valence-corrected chi connectivity index (χ4v) is 5.67. The highest BCUT2D eigenvalue weighted by Gasteiger charge is 2.18. The summed E-state index contributed by atoms with van der Waals surface area (Å²) in [6, 6.07) is 15.9. The Bertz CT molecular complexity index is 1130. The quantitative estimate of drug-likeness (QED) is 0.223. The van der Waals surface area contributed by atoms with Gasteiger partial charge in [-0.05, 0) is 80.9 Å². The van der Waals surface area contributed by atoms with Crippen molar-refractivity contribution in [1.82, 2.24) is 5.43 Å². The van der Waals surface area contributed by atoms with Gasteiger partial charge in [0.05, 0.1) is 18.9 Å². The van der Waals surface area contributed by atoms with Gasteiger partial charge in [-0.2, -0.15) is 10.4 Å². The molecule has 0 atom stereocenters. The number of hydrazone groups is 1. The number of benzene rings is 2. The number of nitrogens with zero attached hydrogens (tertiary/aromatic N) is 2. The Balaban J connectivity index is 1.67. The molecule has 0 bridgehead atoms. The summed E-state index contributed by atoms with van der Waals surface area (Å²) in [4.78, 5) is 12.7. The molecular formula is C21H16I2N4O2S. The van der Waals surface area contributed by atoms with Crippen molar-refractivity contribution < 1.29 is 9.53 Å². The largest absolute Gasteiger partial charge is 0.487 e. The van der Waals surface area contributed by atoms with Crippen LogP contribution in [0.25, 0.3) is 0 Å². The Kier molecular flexibility index (Phi) is 7.68. The van der Waals surface area contributed by atoms with E-state index < -0.39 is 5.91 Å². The first-order valence-electron chi connectivity index (χ1n) is 8.68. The summed E-state index contributed by atoms with van der Waals surface area (Å²) in [5.74, 6) is 0.420. The molecule has 9 heteroatoms. The van der Waals surface area contributed by atoms with Gasteiger partial charge in [0.25, 0.3) is 5.91 Å². The van der Waals surface area contributed by atoms with Gasteiger partial charge in [-0.15, -0.1) is 11.3 Å². The number of nitrogen functional groups attached to an aromatic ring is 1. The number of carbonyl (C=O) groups excluding carboxylic acids is 1. The molecule has 0 radical (unpaired) electrons. The average molecular weight is 642 g/mol. The second kappa shape index (κ2) is 10.2. The first-order chi connectivity index (χ1) is 14.4. The molecule has 6 nitrogen and oxygen atoms in total. The third-order valence-electron chi connectivity index (χ3n) is 4.12. The van der Waals surface area contributed by atoms with Gasteiger partial charge >= 0.3 is 0 Å². The van der Waals surface area contributed by atoms with E-state index in [2.05, 4.69) is 55.7 Å². The molecule has 1 aromatic heterocycles. The second-order valence-corrected chi connectivity index (χ2v) is 9.57. The number of nitrogens with two attached hydrogens (primary N) is 1. The molecule has 0 aliphatic rings. The third-order valence-corrected chi connectivity index (χ3v) is 6.84. The maximum Gasteiger partial charge on any atom is 0.281 e. The number of nitriles is 1. The van der Waals surface area contributed by atoms with Gasteiger partial charge in [0, 0.05) is 0 Å². The molecule has 0 saturated heterocycles. The minimum absolute atomic E-state index is 0.333. The molecule has 0 aliphatic carbocycles. The van der Waals surface area contributed by atoms with Crippen LogP contribution in [0.2, 0.25) is 0 Å². The van der Waals surface area contributed by atoms with Crippen LogP contribution in [0, 0.1) is 25.4 Å². The molecule has 2 aromatic carbocycles. The summed E-state index contributed by atoms with van der Waals surface area (Å²) in [5.41, 5.74) is 11.1. The van der Waals surface area contributed by atoms with Gasteiger partial charge in [0.1, 0.15) is 28.3 Å². The predicted octanol–water partition coefficient (Wildman–Crippen LogP) is 5.06. The van der Waals surface area contributed by atoms with E-state index in [0.717, 1.165) is 35.4 Å². The number of ether oxygens (including phenoxy) is 1. The van der Waals surface area contributed by atoms with Crippen molar-refractivity contribution in [3.8, 4) is 11.8 Å². The van der Waals surface area contributed by atoms with E-state index in [1.54, 1.807) is 13.1 Å². The van der Waals surface area contributed by atoms with Gasteiger partial charge in [-0.3, -0.25) is 4.79 Å². The molecule has 0 unspecified atom stereocenters. The molecule has 0 fully saturated rings. The van der Waals surface area contributed by atoms with E-state index in [0.29, 0.717) is 27.6 Å². The monoisotopic (exact) mass is 642 g/mol. The fourth-order valence-electron chi connectivity index (χ4n) is 2.63. The minimum Gasteiger partial charge on any atom is -0.487 e. The highest BCUT2D eigenvalue weighted by atomic mass is 127. The zero-order valence-electron chi connectivity index (χ0n) is 15.8. The number of amides is 1. The van der Waals surface area contributed by atoms with Crippen molar-refractivity contribution >= 4 is 73.6 Å². The lowest BCUT2D eigenvalue weighted by atomic mass is 10.2. The summed E-state index contributed by atoms with van der Waals surface area (Å²) >= 11 is 5.52. The standard InChI is InChI=1S/C21H16I2N4O2S/c1-12-15(9-24)20(25)30-19(12)21(28)27-26-10-14-7-16(22)18(17(23)8-14)29-11-13-5-3-2-4-6-13/h2-8,10H,11,25H2,1H3,(H,27,28). The van der Waals surface area contributed by atoms with E-state index in [9.17, 15) is 4.79 Å². The zero-order chi connectivity index (χ0) is 21.7. The van der Waals surface area contributed by atoms with Crippen molar-refractivity contribution in [2.24, 2.45) is 5.10 Å². The van der Waals surface area contributed by atoms with Crippen LogP contribution >= 0.6 is 56.5 Å². The van der Waals surface area contributed by atoms with Crippen LogP contribution in [0.5, 0.6) is 5.75 Å². The Morgan fingerprint density at radius 1 is 1.30 bits per heavy atom. The van der Waals surface area contributed by atoms with Crippen LogP contribution in [-0.4, -0.2) is 12.1 Å².